The molecule has 0 saturated heterocycles. The van der Waals surface area contributed by atoms with Gasteiger partial charge in [-0.25, -0.2) is 0 Å². The number of halogens is 3. The molecule has 1 N–H and O–H groups in total. The number of nitrogens with one attached hydrogen (secondary N) is 1. The first-order valence-electron chi connectivity index (χ1n) is 4.13. The van der Waals surface area contributed by atoms with Gasteiger partial charge in [-0.2, -0.15) is 0 Å². The van der Waals surface area contributed by atoms with Gasteiger partial charge >= 0.3 is 6.36 Å². The average Bonchev–Trinajstić information content (AvgIpc) is 2.00. The van der Waals surface area contributed by atoms with E-state index in [1.807, 2.05) is 0 Å². The molecule has 86 valence electrons. The highest BCUT2D eigenvalue weighted by atomic mass is 32.2. The van der Waals surface area contributed by atoms with Gasteiger partial charge in [0.25, 0.3) is 0 Å². The first kappa shape index (κ1) is 13.9. The molecule has 0 amide bonds. The van der Waals surface area contributed by atoms with E-state index in [2.05, 4.69) is 10.1 Å². The standard InChI is InChI=1S/C7H14F3NO2S/c1-14(12)6-2-3-11-4-5-13-7(8,9)10/h11H,2-6H2,1H3. The zero-order valence-electron chi connectivity index (χ0n) is 7.89. The van der Waals surface area contributed by atoms with E-state index in [4.69, 9.17) is 0 Å². The fourth-order valence-corrected chi connectivity index (χ4v) is 1.32. The van der Waals surface area contributed by atoms with E-state index in [9.17, 15) is 17.4 Å². The average molecular weight is 233 g/mol. The Labute approximate surface area is 83.5 Å². The maximum Gasteiger partial charge on any atom is 0.522 e. The highest BCUT2D eigenvalue weighted by molar-refractivity contribution is 7.84. The fraction of sp³-hybridized carbons (Fsp3) is 1.00. The van der Waals surface area contributed by atoms with Gasteiger partial charge in [0, 0.05) is 29.4 Å². The fourth-order valence-electron chi connectivity index (χ4n) is 0.764. The Hall–Kier alpha value is -0.140. The molecular weight excluding hydrogens is 219 g/mol. The summed E-state index contributed by atoms with van der Waals surface area (Å²) in [4.78, 5) is 0. The zero-order valence-corrected chi connectivity index (χ0v) is 8.71. The molecule has 0 saturated carbocycles. The first-order valence-corrected chi connectivity index (χ1v) is 5.86. The van der Waals surface area contributed by atoms with E-state index in [1.165, 1.54) is 0 Å². The molecule has 1 unspecified atom stereocenters. The molecule has 0 radical (unpaired) electrons. The van der Waals surface area contributed by atoms with Gasteiger partial charge in [-0.3, -0.25) is 8.95 Å². The Balaban J connectivity index is 3.11. The minimum absolute atomic E-state index is 0.149. The highest BCUT2D eigenvalue weighted by Gasteiger charge is 2.28. The Morgan fingerprint density at radius 3 is 2.50 bits per heavy atom. The first-order chi connectivity index (χ1) is 6.42. The molecule has 0 heterocycles. The summed E-state index contributed by atoms with van der Waals surface area (Å²) >= 11 is 0. The summed E-state index contributed by atoms with van der Waals surface area (Å²) in [6.07, 6.45) is -2.27. The lowest BCUT2D eigenvalue weighted by Crippen LogP contribution is -2.25. The maximum absolute atomic E-state index is 11.4. The lowest BCUT2D eigenvalue weighted by molar-refractivity contribution is -0.323. The monoisotopic (exact) mass is 233 g/mol. The summed E-state index contributed by atoms with van der Waals surface area (Å²) in [6, 6.07) is 0. The molecule has 7 heteroatoms. The molecule has 0 aromatic carbocycles. The Kier molecular flexibility index (Phi) is 7.12. The minimum Gasteiger partial charge on any atom is -0.314 e. The smallest absolute Gasteiger partial charge is 0.314 e. The van der Waals surface area contributed by atoms with Gasteiger partial charge in [-0.05, 0) is 13.0 Å². The maximum atomic E-state index is 11.4. The molecule has 0 spiro atoms. The molecule has 0 aliphatic carbocycles. The van der Waals surface area contributed by atoms with Crippen LogP contribution in [0.5, 0.6) is 0 Å². The minimum atomic E-state index is -4.55. The van der Waals surface area contributed by atoms with Crippen molar-refractivity contribution in [3.8, 4) is 0 Å². The van der Waals surface area contributed by atoms with E-state index < -0.39 is 23.8 Å². The van der Waals surface area contributed by atoms with Crippen molar-refractivity contribution in [2.45, 2.75) is 12.8 Å². The lowest BCUT2D eigenvalue weighted by atomic mass is 10.5. The number of hydrogen-bond acceptors (Lipinski definition) is 3. The van der Waals surface area contributed by atoms with Crippen LogP contribution in [0.15, 0.2) is 0 Å². The second kappa shape index (κ2) is 7.19. The van der Waals surface area contributed by atoms with Crippen LogP contribution in [0.3, 0.4) is 0 Å². The summed E-state index contributed by atoms with van der Waals surface area (Å²) in [5.74, 6) is 0.563. The largest absolute Gasteiger partial charge is 0.522 e. The van der Waals surface area contributed by atoms with Gasteiger partial charge < -0.3 is 5.32 Å². The van der Waals surface area contributed by atoms with E-state index >= 15 is 0 Å². The predicted octanol–water partition coefficient (Wildman–Crippen LogP) is 0.881. The van der Waals surface area contributed by atoms with Crippen molar-refractivity contribution < 1.29 is 22.1 Å². The van der Waals surface area contributed by atoms with Gasteiger partial charge in [0.15, 0.2) is 0 Å². The number of rotatable bonds is 7. The van der Waals surface area contributed by atoms with Crippen LogP contribution >= 0.6 is 0 Å². The predicted molar refractivity (Wildman–Crippen MR) is 48.4 cm³/mol. The highest BCUT2D eigenvalue weighted by Crippen LogP contribution is 2.14. The van der Waals surface area contributed by atoms with Crippen LogP contribution in [-0.2, 0) is 15.5 Å². The summed E-state index contributed by atoms with van der Waals surface area (Å²) < 4.78 is 48.4. The molecule has 0 aliphatic heterocycles. The van der Waals surface area contributed by atoms with Crippen LogP contribution in [0.1, 0.15) is 6.42 Å². The van der Waals surface area contributed by atoms with Crippen molar-refractivity contribution in [1.29, 1.82) is 0 Å². The molecule has 14 heavy (non-hydrogen) atoms. The second-order valence-corrected chi connectivity index (χ2v) is 4.23. The van der Waals surface area contributed by atoms with Gasteiger partial charge in [0.05, 0.1) is 6.61 Å². The molecule has 0 aromatic rings. The van der Waals surface area contributed by atoms with E-state index in [1.54, 1.807) is 6.26 Å². The van der Waals surface area contributed by atoms with Crippen LogP contribution in [0.4, 0.5) is 13.2 Å². The van der Waals surface area contributed by atoms with Gasteiger partial charge in [0.1, 0.15) is 0 Å². The van der Waals surface area contributed by atoms with E-state index in [0.717, 1.165) is 0 Å². The van der Waals surface area contributed by atoms with Crippen LogP contribution < -0.4 is 5.32 Å². The molecule has 3 nitrogen and oxygen atoms in total. The molecule has 0 aromatic heterocycles. The van der Waals surface area contributed by atoms with Crippen molar-refractivity contribution in [3.63, 3.8) is 0 Å². The van der Waals surface area contributed by atoms with Crippen molar-refractivity contribution in [1.82, 2.24) is 5.32 Å². The quantitative estimate of drug-likeness (QED) is 0.663. The van der Waals surface area contributed by atoms with Crippen LogP contribution in [0, 0.1) is 0 Å². The van der Waals surface area contributed by atoms with Gasteiger partial charge in [-0.15, -0.1) is 13.2 Å². The number of hydrogen-bond donors (Lipinski definition) is 1. The van der Waals surface area contributed by atoms with Crippen LogP contribution in [0.2, 0.25) is 0 Å². The van der Waals surface area contributed by atoms with Gasteiger partial charge in [-0.1, -0.05) is 0 Å². The van der Waals surface area contributed by atoms with E-state index in [0.29, 0.717) is 18.7 Å². The Morgan fingerprint density at radius 1 is 1.36 bits per heavy atom. The molecule has 0 bridgehead atoms. The molecule has 1 atom stereocenters. The van der Waals surface area contributed by atoms with Crippen LogP contribution in [0.25, 0.3) is 0 Å². The van der Waals surface area contributed by atoms with Gasteiger partial charge in [0.2, 0.25) is 0 Å². The van der Waals surface area contributed by atoms with Crippen molar-refractivity contribution in [3.05, 3.63) is 0 Å². The SMILES string of the molecule is CS(=O)CCCNCCOC(F)(F)F. The third kappa shape index (κ3) is 11.9. The molecule has 0 rings (SSSR count). The number of alkyl halides is 3. The summed E-state index contributed by atoms with van der Waals surface area (Å²) in [5.41, 5.74) is 0. The van der Waals surface area contributed by atoms with Crippen LogP contribution in [-0.4, -0.2) is 42.3 Å². The van der Waals surface area contributed by atoms with Crippen molar-refractivity contribution >= 4 is 10.8 Å². The summed E-state index contributed by atoms with van der Waals surface area (Å²) in [7, 11) is -0.838. The topological polar surface area (TPSA) is 38.3 Å². The molecular formula is C7H14F3NO2S. The lowest BCUT2D eigenvalue weighted by Gasteiger charge is -2.07. The molecule has 0 aliphatic rings. The molecule has 0 fully saturated rings. The second-order valence-electron chi connectivity index (χ2n) is 2.68. The summed E-state index contributed by atoms with van der Waals surface area (Å²) in [5, 5.41) is 2.75. The Morgan fingerprint density at radius 2 is 2.00 bits per heavy atom. The third-order valence-corrected chi connectivity index (χ3v) is 2.19. The Bertz CT molecular complexity index is 175. The zero-order chi connectivity index (χ0) is 11.0. The third-order valence-electron chi connectivity index (χ3n) is 1.33. The van der Waals surface area contributed by atoms with E-state index in [-0.39, 0.29) is 6.54 Å². The van der Waals surface area contributed by atoms with Crippen molar-refractivity contribution in [2.75, 3.05) is 31.7 Å². The van der Waals surface area contributed by atoms with Crippen molar-refractivity contribution in [2.24, 2.45) is 0 Å². The summed E-state index contributed by atoms with van der Waals surface area (Å²) in [6.45, 7) is 0.315. The normalized spacial score (nSPS) is 14.3. The number of ether oxygens (including phenoxy) is 1.